The number of hydrogen-bond donors (Lipinski definition) is 1. The summed E-state index contributed by atoms with van der Waals surface area (Å²) in [7, 11) is 0. The summed E-state index contributed by atoms with van der Waals surface area (Å²) >= 11 is 3.61. The zero-order valence-electron chi connectivity index (χ0n) is 11.9. The number of benzene rings is 2. The number of hydrogen-bond acceptors (Lipinski definition) is 2. The second-order valence-corrected chi connectivity index (χ2v) is 5.73. The predicted octanol–water partition coefficient (Wildman–Crippen LogP) is 4.95. The van der Waals surface area contributed by atoms with Crippen LogP contribution >= 0.6 is 15.9 Å². The van der Waals surface area contributed by atoms with Crippen LogP contribution in [0.5, 0.6) is 5.75 Å². The third-order valence-electron chi connectivity index (χ3n) is 3.07. The monoisotopic (exact) mass is 333 g/mol. The second-order valence-electron chi connectivity index (χ2n) is 4.88. The van der Waals surface area contributed by atoms with Crippen LogP contribution in [0.15, 0.2) is 46.9 Å². The number of ether oxygens (including phenoxy) is 1. The van der Waals surface area contributed by atoms with Gasteiger partial charge in [0.2, 0.25) is 0 Å². The van der Waals surface area contributed by atoms with E-state index in [0.717, 1.165) is 29.8 Å². The minimum absolute atomic E-state index is 0.722. The molecule has 106 valence electrons. The van der Waals surface area contributed by atoms with Gasteiger partial charge in [-0.25, -0.2) is 0 Å². The molecule has 2 aromatic carbocycles. The van der Waals surface area contributed by atoms with Crippen molar-refractivity contribution in [1.29, 1.82) is 0 Å². The highest BCUT2D eigenvalue weighted by Crippen LogP contribution is 2.27. The van der Waals surface area contributed by atoms with E-state index in [4.69, 9.17) is 4.74 Å². The molecular formula is C17H20BrNO. The Morgan fingerprint density at radius 1 is 1.10 bits per heavy atom. The largest absolute Gasteiger partial charge is 0.494 e. The van der Waals surface area contributed by atoms with Crippen molar-refractivity contribution in [1.82, 2.24) is 0 Å². The fourth-order valence-electron chi connectivity index (χ4n) is 2.13. The summed E-state index contributed by atoms with van der Waals surface area (Å²) in [5.74, 6) is 0.931. The summed E-state index contributed by atoms with van der Waals surface area (Å²) in [5.41, 5.74) is 3.71. The Kier molecular flexibility index (Phi) is 5.48. The molecule has 0 amide bonds. The highest BCUT2D eigenvalue weighted by molar-refractivity contribution is 9.10. The summed E-state index contributed by atoms with van der Waals surface area (Å²) in [6, 6.07) is 14.2. The van der Waals surface area contributed by atoms with Gasteiger partial charge in [-0.3, -0.25) is 0 Å². The first kappa shape index (κ1) is 14.9. The lowest BCUT2D eigenvalue weighted by atomic mass is 10.1. The number of halogens is 1. The van der Waals surface area contributed by atoms with Gasteiger partial charge in [-0.2, -0.15) is 0 Å². The number of anilines is 1. The molecule has 0 radical (unpaired) electrons. The first-order valence-electron chi connectivity index (χ1n) is 6.85. The molecule has 2 nitrogen and oxygen atoms in total. The first-order chi connectivity index (χ1) is 9.66. The molecule has 1 N–H and O–H groups in total. The molecule has 2 aromatic rings. The Morgan fingerprint density at radius 3 is 2.55 bits per heavy atom. The van der Waals surface area contributed by atoms with Crippen molar-refractivity contribution in [3.05, 3.63) is 58.1 Å². The van der Waals surface area contributed by atoms with Crippen LogP contribution in [0.1, 0.15) is 17.5 Å². The molecule has 0 unspecified atom stereocenters. The van der Waals surface area contributed by atoms with Gasteiger partial charge < -0.3 is 10.1 Å². The SMILES string of the molecule is Cc1cc(C)c(NCCCOc2ccccc2)c(Br)c1. The minimum atomic E-state index is 0.722. The average molecular weight is 334 g/mol. The Balaban J connectivity index is 1.76. The van der Waals surface area contributed by atoms with Crippen molar-refractivity contribution in [2.45, 2.75) is 20.3 Å². The predicted molar refractivity (Wildman–Crippen MR) is 88.7 cm³/mol. The van der Waals surface area contributed by atoms with Crippen molar-refractivity contribution >= 4 is 21.6 Å². The lowest BCUT2D eigenvalue weighted by molar-refractivity contribution is 0.315. The van der Waals surface area contributed by atoms with E-state index < -0.39 is 0 Å². The van der Waals surface area contributed by atoms with Crippen molar-refractivity contribution in [2.75, 3.05) is 18.5 Å². The second kappa shape index (κ2) is 7.34. The zero-order valence-corrected chi connectivity index (χ0v) is 13.5. The van der Waals surface area contributed by atoms with E-state index in [-0.39, 0.29) is 0 Å². The van der Waals surface area contributed by atoms with Crippen LogP contribution in [0.4, 0.5) is 5.69 Å². The third-order valence-corrected chi connectivity index (χ3v) is 3.69. The number of rotatable bonds is 6. The van der Waals surface area contributed by atoms with Gasteiger partial charge >= 0.3 is 0 Å². The normalized spacial score (nSPS) is 10.3. The molecule has 0 aliphatic carbocycles. The highest BCUT2D eigenvalue weighted by atomic mass is 79.9. The Hall–Kier alpha value is -1.48. The third kappa shape index (κ3) is 4.27. The van der Waals surface area contributed by atoms with Crippen LogP contribution in [0, 0.1) is 13.8 Å². The van der Waals surface area contributed by atoms with E-state index in [1.165, 1.54) is 16.8 Å². The smallest absolute Gasteiger partial charge is 0.119 e. The van der Waals surface area contributed by atoms with Crippen LogP contribution in [-0.2, 0) is 0 Å². The summed E-state index contributed by atoms with van der Waals surface area (Å²) in [4.78, 5) is 0. The zero-order chi connectivity index (χ0) is 14.4. The van der Waals surface area contributed by atoms with Crippen LogP contribution < -0.4 is 10.1 Å². The lowest BCUT2D eigenvalue weighted by Crippen LogP contribution is -2.08. The molecule has 3 heteroatoms. The van der Waals surface area contributed by atoms with Crippen molar-refractivity contribution < 1.29 is 4.74 Å². The van der Waals surface area contributed by atoms with Gasteiger partial charge in [0, 0.05) is 11.0 Å². The van der Waals surface area contributed by atoms with Gasteiger partial charge in [0.05, 0.1) is 12.3 Å². The van der Waals surface area contributed by atoms with Crippen molar-refractivity contribution in [3.63, 3.8) is 0 Å². The van der Waals surface area contributed by atoms with Crippen LogP contribution in [0.25, 0.3) is 0 Å². The summed E-state index contributed by atoms with van der Waals surface area (Å²) in [6.45, 7) is 5.85. The van der Waals surface area contributed by atoms with Gasteiger partial charge in [-0.05, 0) is 65.5 Å². The molecule has 0 aliphatic rings. The molecule has 0 saturated carbocycles. The van der Waals surface area contributed by atoms with E-state index in [0.29, 0.717) is 0 Å². The van der Waals surface area contributed by atoms with Gasteiger partial charge in [0.15, 0.2) is 0 Å². The molecule has 0 bridgehead atoms. The van der Waals surface area contributed by atoms with Crippen LogP contribution in [0.2, 0.25) is 0 Å². The first-order valence-corrected chi connectivity index (χ1v) is 7.64. The molecule has 0 saturated heterocycles. The van der Waals surface area contributed by atoms with E-state index in [9.17, 15) is 0 Å². The molecule has 0 atom stereocenters. The maximum atomic E-state index is 5.67. The number of aryl methyl sites for hydroxylation is 2. The molecule has 2 rings (SSSR count). The molecule has 0 spiro atoms. The quantitative estimate of drug-likeness (QED) is 0.755. The lowest BCUT2D eigenvalue weighted by Gasteiger charge is -2.13. The van der Waals surface area contributed by atoms with E-state index >= 15 is 0 Å². The van der Waals surface area contributed by atoms with E-state index in [1.54, 1.807) is 0 Å². The molecular weight excluding hydrogens is 314 g/mol. The molecule has 0 fully saturated rings. The van der Waals surface area contributed by atoms with Crippen LogP contribution in [0.3, 0.4) is 0 Å². The fraction of sp³-hybridized carbons (Fsp3) is 0.294. The maximum Gasteiger partial charge on any atom is 0.119 e. The maximum absolute atomic E-state index is 5.67. The summed E-state index contributed by atoms with van der Waals surface area (Å²) in [5, 5.41) is 3.47. The summed E-state index contributed by atoms with van der Waals surface area (Å²) in [6.07, 6.45) is 0.967. The molecule has 0 heterocycles. The Bertz CT molecular complexity index is 531. The number of nitrogens with one attached hydrogen (secondary N) is 1. The van der Waals surface area contributed by atoms with Crippen LogP contribution in [-0.4, -0.2) is 13.2 Å². The minimum Gasteiger partial charge on any atom is -0.494 e. The fourth-order valence-corrected chi connectivity index (χ4v) is 2.95. The molecule has 0 aromatic heterocycles. The summed E-state index contributed by atoms with van der Waals surface area (Å²) < 4.78 is 6.80. The number of para-hydroxylation sites is 1. The molecule has 20 heavy (non-hydrogen) atoms. The van der Waals surface area contributed by atoms with Gasteiger partial charge in [0.25, 0.3) is 0 Å². The Morgan fingerprint density at radius 2 is 1.85 bits per heavy atom. The average Bonchev–Trinajstić information content (AvgIpc) is 2.42. The van der Waals surface area contributed by atoms with Crippen molar-refractivity contribution in [2.24, 2.45) is 0 Å². The topological polar surface area (TPSA) is 21.3 Å². The van der Waals surface area contributed by atoms with Gasteiger partial charge in [-0.15, -0.1) is 0 Å². The van der Waals surface area contributed by atoms with E-state index in [2.05, 4.69) is 47.2 Å². The van der Waals surface area contributed by atoms with Gasteiger partial charge in [-0.1, -0.05) is 24.3 Å². The van der Waals surface area contributed by atoms with E-state index in [1.807, 2.05) is 30.3 Å². The van der Waals surface area contributed by atoms with Crippen molar-refractivity contribution in [3.8, 4) is 5.75 Å². The Labute approximate surface area is 129 Å². The van der Waals surface area contributed by atoms with Gasteiger partial charge in [0.1, 0.15) is 5.75 Å². The highest BCUT2D eigenvalue weighted by Gasteiger charge is 2.04. The standard InChI is InChI=1S/C17H20BrNO/c1-13-11-14(2)17(16(18)12-13)19-9-6-10-20-15-7-4-3-5-8-15/h3-5,7-8,11-12,19H,6,9-10H2,1-2H3. The molecule has 0 aliphatic heterocycles.